The van der Waals surface area contributed by atoms with E-state index in [0.29, 0.717) is 39.8 Å². The van der Waals surface area contributed by atoms with Gasteiger partial charge in [0.25, 0.3) is 11.7 Å². The molecule has 1 fully saturated rings. The molecule has 1 atom stereocenters. The van der Waals surface area contributed by atoms with Crippen LogP contribution in [0.1, 0.15) is 33.9 Å². The van der Waals surface area contributed by atoms with Crippen molar-refractivity contribution in [1.82, 2.24) is 4.98 Å². The summed E-state index contributed by atoms with van der Waals surface area (Å²) in [6.45, 7) is 4.05. The summed E-state index contributed by atoms with van der Waals surface area (Å²) < 4.78 is 5.96. The zero-order valence-electron chi connectivity index (χ0n) is 20.9. The second kappa shape index (κ2) is 10.5. The van der Waals surface area contributed by atoms with Crippen LogP contribution >= 0.6 is 11.6 Å². The number of anilines is 1. The number of carbonyl (C=O) groups is 2. The van der Waals surface area contributed by atoms with Gasteiger partial charge in [-0.25, -0.2) is 0 Å². The summed E-state index contributed by atoms with van der Waals surface area (Å²) in [4.78, 5) is 32.4. The van der Waals surface area contributed by atoms with Crippen molar-refractivity contribution < 1.29 is 19.4 Å². The van der Waals surface area contributed by atoms with Crippen LogP contribution in [0.2, 0.25) is 5.02 Å². The lowest BCUT2D eigenvalue weighted by Crippen LogP contribution is -2.30. The molecule has 6 nitrogen and oxygen atoms in total. The van der Waals surface area contributed by atoms with Gasteiger partial charge in [-0.05, 0) is 72.5 Å². The van der Waals surface area contributed by atoms with E-state index in [0.717, 1.165) is 11.1 Å². The molecule has 4 aromatic rings. The summed E-state index contributed by atoms with van der Waals surface area (Å²) in [7, 11) is 0. The first-order chi connectivity index (χ1) is 18.4. The first-order valence-corrected chi connectivity index (χ1v) is 12.5. The van der Waals surface area contributed by atoms with Gasteiger partial charge in [-0.2, -0.15) is 0 Å². The largest absolute Gasteiger partial charge is 0.507 e. The summed E-state index contributed by atoms with van der Waals surface area (Å²) in [5.74, 6) is -1.13. The van der Waals surface area contributed by atoms with Crippen molar-refractivity contribution in [2.75, 3.05) is 4.90 Å². The minimum absolute atomic E-state index is 0.0141. The second-order valence-electron chi connectivity index (χ2n) is 9.09. The third-order valence-corrected chi connectivity index (χ3v) is 7.04. The zero-order chi connectivity index (χ0) is 26.8. The molecule has 190 valence electrons. The number of hydrogen-bond donors (Lipinski definition) is 1. The van der Waals surface area contributed by atoms with Crippen LogP contribution in [0.3, 0.4) is 0 Å². The Morgan fingerprint density at radius 3 is 2.50 bits per heavy atom. The van der Waals surface area contributed by atoms with E-state index in [2.05, 4.69) is 4.98 Å². The van der Waals surface area contributed by atoms with Gasteiger partial charge in [0.05, 0.1) is 11.6 Å². The Bertz CT molecular complexity index is 1550. The Labute approximate surface area is 225 Å². The molecule has 1 unspecified atom stereocenters. The standard InChI is InChI=1S/C31H25ClN2O4/c1-19-16-22(13-14-26(19)38-18-21-8-4-3-5-9-21)29(35)27-28(23-10-7-15-33-17-23)34(31(37)30(27)36)25-12-6-11-24(32)20(25)2/h3-17,28,35H,18H2,1-2H3/b29-27+. The van der Waals surface area contributed by atoms with Crippen molar-refractivity contribution in [3.8, 4) is 5.75 Å². The maximum Gasteiger partial charge on any atom is 0.300 e. The van der Waals surface area contributed by atoms with Crippen molar-refractivity contribution in [3.05, 3.63) is 130 Å². The summed E-state index contributed by atoms with van der Waals surface area (Å²) >= 11 is 6.35. The van der Waals surface area contributed by atoms with Gasteiger partial charge in [0.15, 0.2) is 0 Å². The molecular formula is C31H25ClN2O4. The lowest BCUT2D eigenvalue weighted by atomic mass is 9.95. The second-order valence-corrected chi connectivity index (χ2v) is 9.50. The quantitative estimate of drug-likeness (QED) is 0.175. The number of aromatic nitrogens is 1. The van der Waals surface area contributed by atoms with Gasteiger partial charge in [-0.1, -0.05) is 54.1 Å². The maximum atomic E-state index is 13.4. The van der Waals surface area contributed by atoms with Crippen LogP contribution in [0, 0.1) is 13.8 Å². The zero-order valence-corrected chi connectivity index (χ0v) is 21.6. The number of ether oxygens (including phenoxy) is 1. The number of pyridine rings is 1. The van der Waals surface area contributed by atoms with E-state index in [-0.39, 0.29) is 11.3 Å². The normalized spacial score (nSPS) is 16.6. The van der Waals surface area contributed by atoms with Crippen LogP contribution in [0.25, 0.3) is 5.76 Å². The van der Waals surface area contributed by atoms with Gasteiger partial charge in [-0.15, -0.1) is 0 Å². The van der Waals surface area contributed by atoms with E-state index in [1.807, 2.05) is 37.3 Å². The third-order valence-electron chi connectivity index (χ3n) is 6.63. The fraction of sp³-hybridized carbons (Fsp3) is 0.129. The summed E-state index contributed by atoms with van der Waals surface area (Å²) in [6.07, 6.45) is 3.19. The van der Waals surface area contributed by atoms with E-state index in [1.165, 1.54) is 4.90 Å². The smallest absolute Gasteiger partial charge is 0.300 e. The Balaban J connectivity index is 1.57. The molecule has 0 spiro atoms. The Kier molecular flexibility index (Phi) is 6.99. The number of amides is 1. The molecule has 5 rings (SSSR count). The number of carbonyl (C=O) groups excluding carboxylic acids is 2. The molecule has 1 saturated heterocycles. The molecule has 1 aliphatic heterocycles. The summed E-state index contributed by atoms with van der Waals surface area (Å²) in [6, 6.07) is 22.8. The number of halogens is 1. The Hall–Kier alpha value is -4.42. The highest BCUT2D eigenvalue weighted by atomic mass is 35.5. The lowest BCUT2D eigenvalue weighted by Gasteiger charge is -2.26. The number of benzene rings is 3. The van der Waals surface area contributed by atoms with Gasteiger partial charge >= 0.3 is 0 Å². The van der Waals surface area contributed by atoms with Gasteiger partial charge in [-0.3, -0.25) is 19.5 Å². The third kappa shape index (κ3) is 4.66. The Morgan fingerprint density at radius 1 is 1.00 bits per heavy atom. The molecule has 7 heteroatoms. The summed E-state index contributed by atoms with van der Waals surface area (Å²) in [5, 5.41) is 11.9. The number of rotatable bonds is 6. The molecule has 0 aliphatic carbocycles. The fourth-order valence-corrected chi connectivity index (χ4v) is 4.81. The average Bonchev–Trinajstić information content (AvgIpc) is 3.20. The highest BCUT2D eigenvalue weighted by Gasteiger charge is 2.47. The molecule has 1 aliphatic rings. The average molecular weight is 525 g/mol. The molecule has 1 amide bonds. The minimum Gasteiger partial charge on any atom is -0.507 e. The van der Waals surface area contributed by atoms with E-state index >= 15 is 0 Å². The van der Waals surface area contributed by atoms with Crippen LogP contribution < -0.4 is 9.64 Å². The number of aliphatic hydroxyl groups excluding tert-OH is 1. The highest BCUT2D eigenvalue weighted by Crippen LogP contribution is 2.44. The number of aryl methyl sites for hydroxylation is 1. The summed E-state index contributed by atoms with van der Waals surface area (Å²) in [5.41, 5.74) is 3.94. The molecular weight excluding hydrogens is 500 g/mol. The van der Waals surface area contributed by atoms with Crippen molar-refractivity contribution in [2.45, 2.75) is 26.5 Å². The molecule has 1 aromatic heterocycles. The van der Waals surface area contributed by atoms with Crippen molar-refractivity contribution in [2.24, 2.45) is 0 Å². The Morgan fingerprint density at radius 2 is 1.79 bits per heavy atom. The molecule has 1 N–H and O–H groups in total. The van der Waals surface area contributed by atoms with Crippen molar-refractivity contribution in [3.63, 3.8) is 0 Å². The number of hydrogen-bond acceptors (Lipinski definition) is 5. The number of aliphatic hydroxyl groups is 1. The fourth-order valence-electron chi connectivity index (χ4n) is 4.64. The monoisotopic (exact) mass is 524 g/mol. The van der Waals surface area contributed by atoms with Gasteiger partial charge in [0.1, 0.15) is 18.1 Å². The van der Waals surface area contributed by atoms with E-state index in [9.17, 15) is 14.7 Å². The number of nitrogens with zero attached hydrogens (tertiary/aromatic N) is 2. The maximum absolute atomic E-state index is 13.4. The van der Waals surface area contributed by atoms with Crippen molar-refractivity contribution >= 4 is 34.7 Å². The molecule has 3 aromatic carbocycles. The van der Waals surface area contributed by atoms with E-state index < -0.39 is 17.7 Å². The van der Waals surface area contributed by atoms with Crippen LogP contribution in [-0.2, 0) is 16.2 Å². The molecule has 0 saturated carbocycles. The van der Waals surface area contributed by atoms with Gasteiger partial charge in [0.2, 0.25) is 0 Å². The van der Waals surface area contributed by atoms with Crippen LogP contribution in [-0.4, -0.2) is 21.8 Å². The molecule has 0 bridgehead atoms. The first kappa shape index (κ1) is 25.2. The van der Waals surface area contributed by atoms with Crippen molar-refractivity contribution in [1.29, 1.82) is 0 Å². The number of Topliss-reactive ketones (excluding diaryl/α,β-unsaturated/α-hetero) is 1. The predicted octanol–water partition coefficient (Wildman–Crippen LogP) is 6.56. The van der Waals surface area contributed by atoms with Gasteiger partial charge in [0, 0.05) is 28.7 Å². The van der Waals surface area contributed by atoms with Crippen LogP contribution in [0.4, 0.5) is 5.69 Å². The van der Waals surface area contributed by atoms with Crippen LogP contribution in [0.5, 0.6) is 5.75 Å². The molecule has 0 radical (unpaired) electrons. The molecule has 38 heavy (non-hydrogen) atoms. The van der Waals surface area contributed by atoms with E-state index in [4.69, 9.17) is 16.3 Å². The van der Waals surface area contributed by atoms with Gasteiger partial charge < -0.3 is 9.84 Å². The van der Waals surface area contributed by atoms with E-state index in [1.54, 1.807) is 67.8 Å². The number of ketones is 1. The van der Waals surface area contributed by atoms with Crippen LogP contribution in [0.15, 0.2) is 96.8 Å². The predicted molar refractivity (Wildman–Crippen MR) is 147 cm³/mol. The SMILES string of the molecule is Cc1cc(/C(O)=C2\C(=O)C(=O)N(c3cccc(Cl)c3C)C2c2cccnc2)ccc1OCc1ccccc1. The first-order valence-electron chi connectivity index (χ1n) is 12.1. The lowest BCUT2D eigenvalue weighted by molar-refractivity contribution is -0.132. The molecule has 2 heterocycles. The minimum atomic E-state index is -0.879. The highest BCUT2D eigenvalue weighted by molar-refractivity contribution is 6.52. The topological polar surface area (TPSA) is 79.7 Å².